The summed E-state index contributed by atoms with van der Waals surface area (Å²) >= 11 is 0. The van der Waals surface area contributed by atoms with Gasteiger partial charge in [0.2, 0.25) is 5.91 Å². The highest BCUT2D eigenvalue weighted by Gasteiger charge is 2.43. The number of hydrogen-bond acceptors (Lipinski definition) is 2. The average molecular weight is 312 g/mol. The van der Waals surface area contributed by atoms with Gasteiger partial charge in [0.25, 0.3) is 5.91 Å². The van der Waals surface area contributed by atoms with Crippen molar-refractivity contribution in [2.75, 3.05) is 12.4 Å². The summed E-state index contributed by atoms with van der Waals surface area (Å²) in [5, 5.41) is 5.39. The van der Waals surface area contributed by atoms with E-state index >= 15 is 0 Å². The fraction of sp³-hybridized carbons (Fsp3) is 0.222. The molecule has 0 saturated heterocycles. The highest BCUT2D eigenvalue weighted by atomic mass is 19.1. The van der Waals surface area contributed by atoms with Crippen LogP contribution in [0.15, 0.2) is 48.5 Å². The molecule has 1 aliphatic rings. The van der Waals surface area contributed by atoms with Gasteiger partial charge in [-0.05, 0) is 48.2 Å². The molecule has 0 bridgehead atoms. The lowest BCUT2D eigenvalue weighted by atomic mass is 10.1. The Morgan fingerprint density at radius 1 is 1.13 bits per heavy atom. The van der Waals surface area contributed by atoms with Gasteiger partial charge in [-0.15, -0.1) is 0 Å². The van der Waals surface area contributed by atoms with Gasteiger partial charge in [-0.3, -0.25) is 9.59 Å². The van der Waals surface area contributed by atoms with Crippen molar-refractivity contribution in [1.82, 2.24) is 5.32 Å². The number of anilines is 1. The zero-order valence-electron chi connectivity index (χ0n) is 12.7. The van der Waals surface area contributed by atoms with Crippen molar-refractivity contribution in [3.8, 4) is 0 Å². The van der Waals surface area contributed by atoms with Gasteiger partial charge in [-0.2, -0.15) is 0 Å². The van der Waals surface area contributed by atoms with Crippen molar-refractivity contribution < 1.29 is 14.0 Å². The number of rotatable bonds is 4. The van der Waals surface area contributed by atoms with Gasteiger partial charge in [-0.25, -0.2) is 4.39 Å². The van der Waals surface area contributed by atoms with E-state index in [0.717, 1.165) is 12.0 Å². The Hall–Kier alpha value is -2.69. The quantitative estimate of drug-likeness (QED) is 0.912. The fourth-order valence-electron chi connectivity index (χ4n) is 2.68. The minimum absolute atomic E-state index is 0.0756. The molecular weight excluding hydrogens is 295 g/mol. The normalized spacial score (nSPS) is 19.0. The maximum absolute atomic E-state index is 12.9. The number of amides is 2. The molecule has 2 unspecified atom stereocenters. The fourth-order valence-corrected chi connectivity index (χ4v) is 2.68. The summed E-state index contributed by atoms with van der Waals surface area (Å²) < 4.78 is 12.9. The van der Waals surface area contributed by atoms with Crippen LogP contribution in [0.4, 0.5) is 10.1 Å². The van der Waals surface area contributed by atoms with Crippen LogP contribution in [-0.2, 0) is 4.79 Å². The third kappa shape index (κ3) is 3.39. The van der Waals surface area contributed by atoms with Crippen LogP contribution in [0.25, 0.3) is 0 Å². The SMILES string of the molecule is CNC(=O)c1cccc(NC(=O)C2CC2c2ccc(F)cc2)c1. The van der Waals surface area contributed by atoms with Gasteiger partial charge >= 0.3 is 0 Å². The Morgan fingerprint density at radius 2 is 1.87 bits per heavy atom. The number of halogens is 1. The molecule has 0 heterocycles. The molecule has 1 aliphatic carbocycles. The van der Waals surface area contributed by atoms with Gasteiger partial charge in [0.15, 0.2) is 0 Å². The van der Waals surface area contributed by atoms with E-state index in [0.29, 0.717) is 11.3 Å². The molecule has 118 valence electrons. The molecule has 1 fully saturated rings. The molecule has 2 aromatic rings. The van der Waals surface area contributed by atoms with Crippen LogP contribution in [0, 0.1) is 11.7 Å². The lowest BCUT2D eigenvalue weighted by molar-refractivity contribution is -0.117. The van der Waals surface area contributed by atoms with E-state index < -0.39 is 0 Å². The predicted octanol–water partition coefficient (Wildman–Crippen LogP) is 2.93. The third-order valence-corrected chi connectivity index (χ3v) is 4.04. The summed E-state index contributed by atoms with van der Waals surface area (Å²) in [5.74, 6) is -0.520. The molecule has 1 saturated carbocycles. The van der Waals surface area contributed by atoms with Crippen LogP contribution in [-0.4, -0.2) is 18.9 Å². The van der Waals surface area contributed by atoms with E-state index in [9.17, 15) is 14.0 Å². The smallest absolute Gasteiger partial charge is 0.251 e. The molecule has 2 amide bonds. The highest BCUT2D eigenvalue weighted by molar-refractivity contribution is 5.98. The zero-order valence-corrected chi connectivity index (χ0v) is 12.7. The van der Waals surface area contributed by atoms with E-state index in [-0.39, 0.29) is 29.5 Å². The number of carbonyl (C=O) groups excluding carboxylic acids is 2. The molecule has 0 aliphatic heterocycles. The standard InChI is InChI=1S/C18H17FN2O2/c1-20-17(22)12-3-2-4-14(9-12)21-18(23)16-10-15(16)11-5-7-13(19)8-6-11/h2-9,15-16H,10H2,1H3,(H,20,22)(H,21,23). The van der Waals surface area contributed by atoms with E-state index in [1.54, 1.807) is 43.4 Å². The molecular formula is C18H17FN2O2. The largest absolute Gasteiger partial charge is 0.355 e. The van der Waals surface area contributed by atoms with Crippen LogP contribution >= 0.6 is 0 Å². The second-order valence-electron chi connectivity index (χ2n) is 5.65. The molecule has 2 atom stereocenters. The van der Waals surface area contributed by atoms with Crippen molar-refractivity contribution in [1.29, 1.82) is 0 Å². The molecule has 2 aromatic carbocycles. The van der Waals surface area contributed by atoms with Crippen LogP contribution in [0.1, 0.15) is 28.3 Å². The zero-order chi connectivity index (χ0) is 16.4. The van der Waals surface area contributed by atoms with Crippen molar-refractivity contribution >= 4 is 17.5 Å². The van der Waals surface area contributed by atoms with Gasteiger partial charge in [0.1, 0.15) is 5.82 Å². The van der Waals surface area contributed by atoms with Gasteiger partial charge in [0, 0.05) is 24.2 Å². The topological polar surface area (TPSA) is 58.2 Å². The minimum Gasteiger partial charge on any atom is -0.355 e. The Morgan fingerprint density at radius 3 is 2.57 bits per heavy atom. The second kappa shape index (κ2) is 6.20. The third-order valence-electron chi connectivity index (χ3n) is 4.04. The summed E-state index contributed by atoms with van der Waals surface area (Å²) in [6, 6.07) is 13.1. The second-order valence-corrected chi connectivity index (χ2v) is 5.65. The van der Waals surface area contributed by atoms with Crippen molar-refractivity contribution in [3.63, 3.8) is 0 Å². The molecule has 0 spiro atoms. The number of benzene rings is 2. The maximum Gasteiger partial charge on any atom is 0.251 e. The Kier molecular flexibility index (Phi) is 4.10. The van der Waals surface area contributed by atoms with E-state index in [4.69, 9.17) is 0 Å². The summed E-state index contributed by atoms with van der Waals surface area (Å²) in [4.78, 5) is 23.9. The molecule has 0 radical (unpaired) electrons. The first-order chi connectivity index (χ1) is 11.1. The first-order valence-corrected chi connectivity index (χ1v) is 7.47. The van der Waals surface area contributed by atoms with Gasteiger partial charge in [-0.1, -0.05) is 18.2 Å². The lowest BCUT2D eigenvalue weighted by Gasteiger charge is -2.07. The Balaban J connectivity index is 1.64. The summed E-state index contributed by atoms with van der Waals surface area (Å²) in [5.41, 5.74) is 2.07. The summed E-state index contributed by atoms with van der Waals surface area (Å²) in [6.07, 6.45) is 0.757. The summed E-state index contributed by atoms with van der Waals surface area (Å²) in [6.45, 7) is 0. The Bertz CT molecular complexity index is 743. The van der Waals surface area contributed by atoms with Crippen LogP contribution in [0.5, 0.6) is 0 Å². The lowest BCUT2D eigenvalue weighted by Crippen LogP contribution is -2.19. The van der Waals surface area contributed by atoms with Crippen LogP contribution < -0.4 is 10.6 Å². The molecule has 4 nitrogen and oxygen atoms in total. The van der Waals surface area contributed by atoms with Crippen LogP contribution in [0.3, 0.4) is 0 Å². The Labute approximate surface area is 133 Å². The van der Waals surface area contributed by atoms with Crippen molar-refractivity contribution in [2.24, 2.45) is 5.92 Å². The van der Waals surface area contributed by atoms with Gasteiger partial charge in [0.05, 0.1) is 0 Å². The molecule has 3 rings (SSSR count). The first kappa shape index (κ1) is 15.2. The minimum atomic E-state index is -0.276. The van der Waals surface area contributed by atoms with Gasteiger partial charge < -0.3 is 10.6 Å². The highest BCUT2D eigenvalue weighted by Crippen LogP contribution is 2.47. The van der Waals surface area contributed by atoms with E-state index in [1.807, 2.05) is 0 Å². The molecule has 0 aromatic heterocycles. The molecule has 23 heavy (non-hydrogen) atoms. The molecule has 2 N–H and O–H groups in total. The number of hydrogen-bond donors (Lipinski definition) is 2. The number of nitrogens with one attached hydrogen (secondary N) is 2. The van der Waals surface area contributed by atoms with E-state index in [2.05, 4.69) is 10.6 Å². The monoisotopic (exact) mass is 312 g/mol. The average Bonchev–Trinajstić information content (AvgIpc) is 3.36. The van der Waals surface area contributed by atoms with Crippen LogP contribution in [0.2, 0.25) is 0 Å². The maximum atomic E-state index is 12.9. The molecule has 5 heteroatoms. The van der Waals surface area contributed by atoms with Crippen molar-refractivity contribution in [2.45, 2.75) is 12.3 Å². The predicted molar refractivity (Wildman–Crippen MR) is 85.7 cm³/mol. The number of carbonyl (C=O) groups is 2. The van der Waals surface area contributed by atoms with E-state index in [1.165, 1.54) is 12.1 Å². The first-order valence-electron chi connectivity index (χ1n) is 7.47. The summed E-state index contributed by atoms with van der Waals surface area (Å²) in [7, 11) is 1.56. The van der Waals surface area contributed by atoms with Crippen molar-refractivity contribution in [3.05, 3.63) is 65.5 Å².